The average Bonchev–Trinajstić information content (AvgIpc) is 3.15. The Hall–Kier alpha value is -2.07. The molecule has 0 radical (unpaired) electrons. The Morgan fingerprint density at radius 3 is 2.80 bits per heavy atom. The van der Waals surface area contributed by atoms with Gasteiger partial charge in [-0.05, 0) is 43.9 Å². The summed E-state index contributed by atoms with van der Waals surface area (Å²) >= 11 is 0. The lowest BCUT2D eigenvalue weighted by molar-refractivity contribution is 0.250. The van der Waals surface area contributed by atoms with Crippen LogP contribution in [0.2, 0.25) is 0 Å². The topological polar surface area (TPSA) is 37.4 Å². The van der Waals surface area contributed by atoms with Crippen LogP contribution in [0.5, 0.6) is 5.75 Å². The Morgan fingerprint density at radius 1 is 1.20 bits per heavy atom. The maximum atomic E-state index is 5.91. The van der Waals surface area contributed by atoms with Crippen molar-refractivity contribution in [2.45, 2.75) is 45.7 Å². The fourth-order valence-electron chi connectivity index (χ4n) is 3.99. The van der Waals surface area contributed by atoms with Gasteiger partial charge in [0, 0.05) is 43.9 Å². The van der Waals surface area contributed by atoms with Crippen LogP contribution in [0, 0.1) is 13.8 Å². The molecule has 0 spiro atoms. The fraction of sp³-hybridized carbons (Fsp3) is 0.476. The molecule has 0 aliphatic carbocycles. The maximum Gasteiger partial charge on any atom is 0.128 e. The molecule has 2 aliphatic rings. The zero-order valence-electron chi connectivity index (χ0n) is 15.2. The largest absolute Gasteiger partial charge is 0.493 e. The molecule has 0 amide bonds. The van der Waals surface area contributed by atoms with E-state index in [4.69, 9.17) is 4.74 Å². The SMILES string of the molecule is Cc1cc(C)c2c(c1)C(NCc1ccc(N3CCCC3)nc1)CCO2. The molecule has 4 heteroatoms. The van der Waals surface area contributed by atoms with E-state index < -0.39 is 0 Å². The Bertz CT molecular complexity index is 736. The van der Waals surface area contributed by atoms with Gasteiger partial charge >= 0.3 is 0 Å². The molecular weight excluding hydrogens is 310 g/mol. The van der Waals surface area contributed by atoms with E-state index in [2.05, 4.69) is 53.3 Å². The molecule has 1 atom stereocenters. The number of nitrogens with zero attached hydrogens (tertiary/aromatic N) is 2. The molecule has 2 aliphatic heterocycles. The van der Waals surface area contributed by atoms with E-state index in [0.29, 0.717) is 6.04 Å². The van der Waals surface area contributed by atoms with Crippen LogP contribution in [-0.2, 0) is 6.54 Å². The van der Waals surface area contributed by atoms with Crippen LogP contribution >= 0.6 is 0 Å². The minimum Gasteiger partial charge on any atom is -0.493 e. The van der Waals surface area contributed by atoms with Gasteiger partial charge in [-0.2, -0.15) is 0 Å². The Labute approximate surface area is 150 Å². The van der Waals surface area contributed by atoms with Crippen LogP contribution in [0.15, 0.2) is 30.5 Å². The summed E-state index contributed by atoms with van der Waals surface area (Å²) in [4.78, 5) is 7.03. The molecule has 4 rings (SSSR count). The first-order chi connectivity index (χ1) is 12.2. The lowest BCUT2D eigenvalue weighted by atomic mass is 9.95. The minimum atomic E-state index is 0.348. The summed E-state index contributed by atoms with van der Waals surface area (Å²) in [6.45, 7) is 8.19. The Balaban J connectivity index is 1.44. The number of fused-ring (bicyclic) bond motifs is 1. The molecule has 1 N–H and O–H groups in total. The number of rotatable bonds is 4. The number of pyridine rings is 1. The van der Waals surface area contributed by atoms with E-state index in [0.717, 1.165) is 44.2 Å². The van der Waals surface area contributed by atoms with Gasteiger partial charge in [0.2, 0.25) is 0 Å². The van der Waals surface area contributed by atoms with E-state index in [1.54, 1.807) is 0 Å². The quantitative estimate of drug-likeness (QED) is 0.918. The number of benzene rings is 1. The van der Waals surface area contributed by atoms with Crippen molar-refractivity contribution in [2.24, 2.45) is 0 Å². The molecule has 0 bridgehead atoms. The molecule has 25 heavy (non-hydrogen) atoms. The van der Waals surface area contributed by atoms with E-state index in [1.807, 2.05) is 6.20 Å². The van der Waals surface area contributed by atoms with Gasteiger partial charge in [-0.3, -0.25) is 0 Å². The Kier molecular flexibility index (Phi) is 4.62. The lowest BCUT2D eigenvalue weighted by Gasteiger charge is -2.28. The van der Waals surface area contributed by atoms with Crippen molar-refractivity contribution in [3.8, 4) is 5.75 Å². The number of aromatic nitrogens is 1. The first-order valence-corrected chi connectivity index (χ1v) is 9.38. The van der Waals surface area contributed by atoms with E-state index in [-0.39, 0.29) is 0 Å². The van der Waals surface area contributed by atoms with Crippen LogP contribution in [0.3, 0.4) is 0 Å². The molecule has 1 saturated heterocycles. The summed E-state index contributed by atoms with van der Waals surface area (Å²) in [6, 6.07) is 9.17. The third kappa shape index (κ3) is 3.49. The second-order valence-corrected chi connectivity index (χ2v) is 7.29. The highest BCUT2D eigenvalue weighted by Crippen LogP contribution is 2.35. The predicted octanol–water partition coefficient (Wildman–Crippen LogP) is 3.91. The monoisotopic (exact) mass is 337 g/mol. The highest BCUT2D eigenvalue weighted by atomic mass is 16.5. The molecule has 132 valence electrons. The van der Waals surface area contributed by atoms with Crippen LogP contribution in [-0.4, -0.2) is 24.7 Å². The highest BCUT2D eigenvalue weighted by Gasteiger charge is 2.23. The van der Waals surface area contributed by atoms with Crippen molar-refractivity contribution < 1.29 is 4.74 Å². The molecule has 1 unspecified atom stereocenters. The zero-order chi connectivity index (χ0) is 17.2. The third-order valence-electron chi connectivity index (χ3n) is 5.27. The first kappa shape index (κ1) is 16.4. The molecule has 1 aromatic heterocycles. The number of anilines is 1. The fourth-order valence-corrected chi connectivity index (χ4v) is 3.99. The summed E-state index contributed by atoms with van der Waals surface area (Å²) in [5.74, 6) is 2.18. The molecule has 3 heterocycles. The zero-order valence-corrected chi connectivity index (χ0v) is 15.2. The molecular formula is C21H27N3O. The second-order valence-electron chi connectivity index (χ2n) is 7.29. The van der Waals surface area contributed by atoms with E-state index in [9.17, 15) is 0 Å². The summed E-state index contributed by atoms with van der Waals surface area (Å²) in [5.41, 5.74) is 5.06. The standard InChI is InChI=1S/C21H27N3O/c1-15-11-16(2)21-18(12-15)19(7-10-25-21)22-13-17-5-6-20(23-14-17)24-8-3-4-9-24/h5-6,11-12,14,19,22H,3-4,7-10,13H2,1-2H3. The molecule has 4 nitrogen and oxygen atoms in total. The van der Waals surface area contributed by atoms with Crippen molar-refractivity contribution in [3.05, 3.63) is 52.7 Å². The van der Waals surface area contributed by atoms with Gasteiger partial charge in [0.05, 0.1) is 6.61 Å². The van der Waals surface area contributed by atoms with Gasteiger partial charge in [-0.15, -0.1) is 0 Å². The molecule has 2 aromatic rings. The van der Waals surface area contributed by atoms with E-state index in [1.165, 1.54) is 35.1 Å². The van der Waals surface area contributed by atoms with Gasteiger partial charge in [0.25, 0.3) is 0 Å². The Morgan fingerprint density at radius 2 is 2.04 bits per heavy atom. The van der Waals surface area contributed by atoms with Gasteiger partial charge in [0.15, 0.2) is 0 Å². The maximum absolute atomic E-state index is 5.91. The number of ether oxygens (including phenoxy) is 1. The average molecular weight is 337 g/mol. The molecule has 0 saturated carbocycles. The van der Waals surface area contributed by atoms with Crippen molar-refractivity contribution in [1.82, 2.24) is 10.3 Å². The van der Waals surface area contributed by atoms with Gasteiger partial charge < -0.3 is 15.0 Å². The molecule has 1 aromatic carbocycles. The number of aryl methyl sites for hydroxylation is 2. The number of hydrogen-bond donors (Lipinski definition) is 1. The summed E-state index contributed by atoms with van der Waals surface area (Å²) in [7, 11) is 0. The second kappa shape index (κ2) is 7.04. The summed E-state index contributed by atoms with van der Waals surface area (Å²) in [5, 5.41) is 3.70. The van der Waals surface area contributed by atoms with Crippen molar-refractivity contribution in [1.29, 1.82) is 0 Å². The third-order valence-corrected chi connectivity index (χ3v) is 5.27. The van der Waals surface area contributed by atoms with Gasteiger partial charge in [0.1, 0.15) is 11.6 Å². The van der Waals surface area contributed by atoms with Crippen LogP contribution in [0.1, 0.15) is 47.6 Å². The highest BCUT2D eigenvalue weighted by molar-refractivity contribution is 5.46. The van der Waals surface area contributed by atoms with Gasteiger partial charge in [-0.25, -0.2) is 4.98 Å². The van der Waals surface area contributed by atoms with Crippen LogP contribution in [0.25, 0.3) is 0 Å². The number of hydrogen-bond acceptors (Lipinski definition) is 4. The minimum absolute atomic E-state index is 0.348. The van der Waals surface area contributed by atoms with Crippen molar-refractivity contribution in [3.63, 3.8) is 0 Å². The summed E-state index contributed by atoms with van der Waals surface area (Å²) in [6.07, 6.45) is 5.59. The van der Waals surface area contributed by atoms with Crippen LogP contribution in [0.4, 0.5) is 5.82 Å². The van der Waals surface area contributed by atoms with Crippen LogP contribution < -0.4 is 15.0 Å². The smallest absolute Gasteiger partial charge is 0.128 e. The van der Waals surface area contributed by atoms with Crippen molar-refractivity contribution in [2.75, 3.05) is 24.6 Å². The predicted molar refractivity (Wildman–Crippen MR) is 101 cm³/mol. The first-order valence-electron chi connectivity index (χ1n) is 9.38. The summed E-state index contributed by atoms with van der Waals surface area (Å²) < 4.78 is 5.91. The van der Waals surface area contributed by atoms with Gasteiger partial charge in [-0.1, -0.05) is 23.8 Å². The normalized spacial score (nSPS) is 19.6. The number of nitrogens with one attached hydrogen (secondary N) is 1. The van der Waals surface area contributed by atoms with Crippen molar-refractivity contribution >= 4 is 5.82 Å². The molecule has 1 fully saturated rings. The van der Waals surface area contributed by atoms with E-state index >= 15 is 0 Å². The lowest BCUT2D eigenvalue weighted by Crippen LogP contribution is -2.27.